The standard InChI is InChI=1S/C12H13NO/c14-13(11-7-3-1-4-8-11)12-9-5-2-6-10-12/h1,3-5,7-10,13H,2,6H2. The van der Waals surface area contributed by atoms with Crippen LogP contribution in [0.5, 0.6) is 0 Å². The number of hydrogen-bond acceptors (Lipinski definition) is 1. The van der Waals surface area contributed by atoms with Crippen LogP contribution in [0.25, 0.3) is 0 Å². The molecule has 0 radical (unpaired) electrons. The minimum absolute atomic E-state index is 0.126. The lowest BCUT2D eigenvalue weighted by molar-refractivity contribution is -0.727. The second-order valence-corrected chi connectivity index (χ2v) is 3.33. The molecule has 0 spiro atoms. The topological polar surface area (TPSA) is 27.5 Å². The summed E-state index contributed by atoms with van der Waals surface area (Å²) in [5.41, 5.74) is 1.59. The molecule has 0 aromatic heterocycles. The molecule has 0 fully saturated rings. The van der Waals surface area contributed by atoms with Gasteiger partial charge in [0.05, 0.1) is 0 Å². The first-order valence-corrected chi connectivity index (χ1v) is 4.84. The number of benzene rings is 1. The molecule has 72 valence electrons. The molecule has 0 aliphatic heterocycles. The molecular weight excluding hydrogens is 174 g/mol. The van der Waals surface area contributed by atoms with Crippen molar-refractivity contribution in [3.05, 3.63) is 59.5 Å². The van der Waals surface area contributed by atoms with Gasteiger partial charge in [-0.1, -0.05) is 24.3 Å². The summed E-state index contributed by atoms with van der Waals surface area (Å²) in [6.45, 7) is 0. The van der Waals surface area contributed by atoms with E-state index in [2.05, 4.69) is 6.08 Å². The first-order chi connectivity index (χ1) is 6.88. The normalized spacial score (nSPS) is 17.6. The molecule has 1 aliphatic rings. The zero-order chi connectivity index (χ0) is 9.80. The molecular formula is C12H13NO. The van der Waals surface area contributed by atoms with E-state index in [0.29, 0.717) is 0 Å². The van der Waals surface area contributed by atoms with Crippen LogP contribution in [0.15, 0.2) is 54.3 Å². The van der Waals surface area contributed by atoms with Gasteiger partial charge in [0.2, 0.25) is 0 Å². The largest absolute Gasteiger partial charge is 0.623 e. The van der Waals surface area contributed by atoms with Crippen molar-refractivity contribution >= 4 is 5.69 Å². The monoisotopic (exact) mass is 187 g/mol. The zero-order valence-corrected chi connectivity index (χ0v) is 7.94. The van der Waals surface area contributed by atoms with E-state index in [-0.39, 0.29) is 5.06 Å². The van der Waals surface area contributed by atoms with Crippen molar-refractivity contribution in [3.8, 4) is 0 Å². The highest BCUT2D eigenvalue weighted by atomic mass is 16.5. The lowest BCUT2D eigenvalue weighted by atomic mass is 10.1. The van der Waals surface area contributed by atoms with Crippen molar-refractivity contribution in [2.75, 3.05) is 0 Å². The van der Waals surface area contributed by atoms with Gasteiger partial charge in [0.15, 0.2) is 0 Å². The molecule has 0 bridgehead atoms. The summed E-state index contributed by atoms with van der Waals surface area (Å²) >= 11 is 0. The molecule has 0 amide bonds. The second-order valence-electron chi connectivity index (χ2n) is 3.33. The third-order valence-electron chi connectivity index (χ3n) is 2.29. The molecule has 2 nitrogen and oxygen atoms in total. The molecule has 0 heterocycles. The Bertz CT molecular complexity index is 354. The fraction of sp³-hybridized carbons (Fsp3) is 0.167. The number of para-hydroxylation sites is 1. The Balaban J connectivity index is 2.20. The van der Waals surface area contributed by atoms with Crippen molar-refractivity contribution in [2.24, 2.45) is 0 Å². The number of rotatable bonds is 2. The summed E-state index contributed by atoms with van der Waals surface area (Å²) in [6.07, 6.45) is 8.00. The summed E-state index contributed by atoms with van der Waals surface area (Å²) in [5, 5.41) is 12.0. The van der Waals surface area contributed by atoms with Crippen molar-refractivity contribution < 1.29 is 5.06 Å². The van der Waals surface area contributed by atoms with Gasteiger partial charge in [-0.25, -0.2) is 0 Å². The number of quaternary nitrogens is 1. The molecule has 14 heavy (non-hydrogen) atoms. The number of hydrogen-bond donors (Lipinski definition) is 1. The highest BCUT2D eigenvalue weighted by molar-refractivity contribution is 5.31. The van der Waals surface area contributed by atoms with Crippen LogP contribution in [0.2, 0.25) is 0 Å². The van der Waals surface area contributed by atoms with Crippen LogP contribution in [-0.4, -0.2) is 0 Å². The van der Waals surface area contributed by atoms with Crippen molar-refractivity contribution in [1.29, 1.82) is 0 Å². The van der Waals surface area contributed by atoms with Gasteiger partial charge in [-0.2, -0.15) is 0 Å². The van der Waals surface area contributed by atoms with Crippen LogP contribution in [0.1, 0.15) is 12.8 Å². The predicted molar refractivity (Wildman–Crippen MR) is 56.9 cm³/mol. The van der Waals surface area contributed by atoms with E-state index >= 15 is 0 Å². The summed E-state index contributed by atoms with van der Waals surface area (Å²) in [4.78, 5) is 0. The highest BCUT2D eigenvalue weighted by Gasteiger charge is 2.07. The Hall–Kier alpha value is -1.38. The Labute approximate surface area is 83.7 Å². The van der Waals surface area contributed by atoms with E-state index < -0.39 is 0 Å². The molecule has 2 heteroatoms. The van der Waals surface area contributed by atoms with Gasteiger partial charge in [-0.15, -0.1) is 0 Å². The Morgan fingerprint density at radius 2 is 1.86 bits per heavy atom. The SMILES string of the molecule is [O-][NH+](C1=CCCC=C1)c1ccccc1. The van der Waals surface area contributed by atoms with E-state index in [4.69, 9.17) is 0 Å². The molecule has 0 saturated heterocycles. The Morgan fingerprint density at radius 3 is 2.50 bits per heavy atom. The van der Waals surface area contributed by atoms with E-state index in [0.717, 1.165) is 24.2 Å². The molecule has 1 N–H and O–H groups in total. The second kappa shape index (κ2) is 4.22. The third kappa shape index (κ3) is 1.92. The first kappa shape index (κ1) is 9.19. The van der Waals surface area contributed by atoms with Crippen LogP contribution in [-0.2, 0) is 0 Å². The lowest BCUT2D eigenvalue weighted by Gasteiger charge is -2.23. The van der Waals surface area contributed by atoms with Crippen LogP contribution >= 0.6 is 0 Å². The number of hydroxylamine groups is 1. The van der Waals surface area contributed by atoms with E-state index in [1.165, 1.54) is 0 Å². The van der Waals surface area contributed by atoms with Crippen LogP contribution < -0.4 is 5.06 Å². The Kier molecular flexibility index (Phi) is 2.77. The minimum atomic E-state index is 0.126. The fourth-order valence-corrected chi connectivity index (χ4v) is 1.54. The van der Waals surface area contributed by atoms with Crippen LogP contribution in [0.4, 0.5) is 5.69 Å². The number of nitrogens with one attached hydrogen (secondary N) is 1. The predicted octanol–water partition coefficient (Wildman–Crippen LogP) is 1.93. The first-order valence-electron chi connectivity index (χ1n) is 4.84. The smallest absolute Gasteiger partial charge is 0.136 e. The average molecular weight is 187 g/mol. The van der Waals surface area contributed by atoms with Gasteiger partial charge in [0.1, 0.15) is 11.4 Å². The van der Waals surface area contributed by atoms with Crippen molar-refractivity contribution in [1.82, 2.24) is 0 Å². The van der Waals surface area contributed by atoms with E-state index in [1.54, 1.807) is 0 Å². The van der Waals surface area contributed by atoms with Crippen LogP contribution in [0, 0.1) is 5.21 Å². The maximum Gasteiger partial charge on any atom is 0.136 e. The molecule has 1 unspecified atom stereocenters. The van der Waals surface area contributed by atoms with E-state index in [1.807, 2.05) is 42.5 Å². The van der Waals surface area contributed by atoms with Gasteiger partial charge in [0.25, 0.3) is 0 Å². The summed E-state index contributed by atoms with van der Waals surface area (Å²) in [7, 11) is 0. The van der Waals surface area contributed by atoms with E-state index in [9.17, 15) is 5.21 Å². The molecule has 1 aromatic carbocycles. The number of allylic oxidation sites excluding steroid dienone is 3. The summed E-state index contributed by atoms with van der Waals surface area (Å²) < 4.78 is 0. The molecule has 1 atom stereocenters. The van der Waals surface area contributed by atoms with Gasteiger partial charge in [0, 0.05) is 0 Å². The molecule has 2 rings (SSSR count). The van der Waals surface area contributed by atoms with Crippen molar-refractivity contribution in [3.63, 3.8) is 0 Å². The molecule has 1 aromatic rings. The van der Waals surface area contributed by atoms with Crippen LogP contribution in [0.3, 0.4) is 0 Å². The third-order valence-corrected chi connectivity index (χ3v) is 2.29. The van der Waals surface area contributed by atoms with Crippen molar-refractivity contribution in [2.45, 2.75) is 12.8 Å². The molecule has 0 saturated carbocycles. The average Bonchev–Trinajstić information content (AvgIpc) is 2.30. The zero-order valence-electron chi connectivity index (χ0n) is 7.94. The maximum absolute atomic E-state index is 11.9. The van der Waals surface area contributed by atoms with Gasteiger partial charge in [-0.3, -0.25) is 0 Å². The lowest BCUT2D eigenvalue weighted by Crippen LogP contribution is -2.99. The minimum Gasteiger partial charge on any atom is -0.623 e. The maximum atomic E-state index is 11.9. The quantitative estimate of drug-likeness (QED) is 0.704. The summed E-state index contributed by atoms with van der Waals surface area (Å²) in [6, 6.07) is 9.40. The Morgan fingerprint density at radius 1 is 1.07 bits per heavy atom. The van der Waals surface area contributed by atoms with Gasteiger partial charge < -0.3 is 10.3 Å². The highest BCUT2D eigenvalue weighted by Crippen LogP contribution is 2.07. The fourth-order valence-electron chi connectivity index (χ4n) is 1.54. The summed E-state index contributed by atoms with van der Waals surface area (Å²) in [5.74, 6) is 0. The van der Waals surface area contributed by atoms with Gasteiger partial charge >= 0.3 is 0 Å². The molecule has 1 aliphatic carbocycles. The van der Waals surface area contributed by atoms with Gasteiger partial charge in [-0.05, 0) is 37.1 Å².